The molecule has 0 aromatic rings. The van der Waals surface area contributed by atoms with Gasteiger partial charge in [0.05, 0.1) is 0 Å². The van der Waals surface area contributed by atoms with Gasteiger partial charge >= 0.3 is 0 Å². The standard InChI is InChI=1S/C21H36NO/c1-16(2)14-20(23)15-17(3)8-7-9-18(4)19-10-12-21(5,22-6)13-11-19/h8,10,12,16,18-19H,7,9,11,13-15H2,1-6H3/q-1. The molecule has 3 atom stereocenters. The number of carbonyl (C=O) groups excluding carboxylic acids is 1. The predicted octanol–water partition coefficient (Wildman–Crippen LogP) is 6.08. The van der Waals surface area contributed by atoms with Crippen LogP contribution in [0.25, 0.3) is 5.32 Å². The molecular weight excluding hydrogens is 282 g/mol. The topological polar surface area (TPSA) is 31.2 Å². The van der Waals surface area contributed by atoms with E-state index in [1.807, 2.05) is 7.05 Å². The first kappa shape index (κ1) is 20.2. The molecular formula is C21H36NO-. The predicted molar refractivity (Wildman–Crippen MR) is 101 cm³/mol. The van der Waals surface area contributed by atoms with E-state index in [9.17, 15) is 4.79 Å². The van der Waals surface area contributed by atoms with Gasteiger partial charge in [-0.25, -0.2) is 0 Å². The zero-order chi connectivity index (χ0) is 17.5. The molecule has 0 radical (unpaired) electrons. The van der Waals surface area contributed by atoms with Gasteiger partial charge in [0.25, 0.3) is 0 Å². The van der Waals surface area contributed by atoms with E-state index in [0.717, 1.165) is 12.8 Å². The van der Waals surface area contributed by atoms with Crippen LogP contribution in [0.3, 0.4) is 0 Å². The molecule has 0 heterocycles. The van der Waals surface area contributed by atoms with Crippen LogP contribution in [0.15, 0.2) is 23.8 Å². The van der Waals surface area contributed by atoms with Crippen LogP contribution in [-0.2, 0) is 4.79 Å². The molecule has 132 valence electrons. The number of likely N-dealkylation sites (N-methyl/N-ethyl adjacent to an activating group) is 1. The number of rotatable bonds is 9. The van der Waals surface area contributed by atoms with E-state index in [1.165, 1.54) is 18.4 Å². The second kappa shape index (κ2) is 9.42. The molecule has 0 N–H and O–H groups in total. The number of Topliss-reactive ketones (excluding diaryl/α,β-unsaturated/α-hetero) is 1. The van der Waals surface area contributed by atoms with Crippen molar-refractivity contribution in [2.24, 2.45) is 17.8 Å². The molecule has 0 fully saturated rings. The minimum atomic E-state index is 0.0590. The number of hydrogen-bond acceptors (Lipinski definition) is 1. The molecule has 1 rings (SSSR count). The van der Waals surface area contributed by atoms with E-state index < -0.39 is 0 Å². The molecule has 0 amide bonds. The third-order valence-electron chi connectivity index (χ3n) is 5.15. The number of allylic oxidation sites excluding steroid dienone is 3. The summed E-state index contributed by atoms with van der Waals surface area (Å²) in [5.41, 5.74) is 1.29. The molecule has 2 nitrogen and oxygen atoms in total. The summed E-state index contributed by atoms with van der Waals surface area (Å²) >= 11 is 0. The monoisotopic (exact) mass is 318 g/mol. The minimum Gasteiger partial charge on any atom is -0.656 e. The van der Waals surface area contributed by atoms with Gasteiger partial charge in [-0.2, -0.15) is 7.05 Å². The summed E-state index contributed by atoms with van der Waals surface area (Å²) in [6.45, 7) is 10.9. The Balaban J connectivity index is 2.36. The molecule has 0 saturated heterocycles. The highest BCUT2D eigenvalue weighted by atomic mass is 16.1. The molecule has 0 aliphatic heterocycles. The lowest BCUT2D eigenvalue weighted by molar-refractivity contribution is -0.119. The highest BCUT2D eigenvalue weighted by Crippen LogP contribution is 2.35. The summed E-state index contributed by atoms with van der Waals surface area (Å²) in [6.07, 6.45) is 13.0. The molecule has 0 bridgehead atoms. The summed E-state index contributed by atoms with van der Waals surface area (Å²) in [5, 5.41) is 4.48. The lowest BCUT2D eigenvalue weighted by Gasteiger charge is -2.43. The van der Waals surface area contributed by atoms with Gasteiger partial charge in [-0.1, -0.05) is 51.8 Å². The van der Waals surface area contributed by atoms with Crippen molar-refractivity contribution in [1.29, 1.82) is 0 Å². The first-order valence-electron chi connectivity index (χ1n) is 9.23. The average molecular weight is 319 g/mol. The molecule has 23 heavy (non-hydrogen) atoms. The van der Waals surface area contributed by atoms with Crippen molar-refractivity contribution in [3.05, 3.63) is 29.1 Å². The van der Waals surface area contributed by atoms with Gasteiger partial charge in [0.1, 0.15) is 5.78 Å². The molecule has 0 aromatic heterocycles. The Morgan fingerprint density at radius 3 is 2.61 bits per heavy atom. The summed E-state index contributed by atoms with van der Waals surface area (Å²) in [6, 6.07) is 0. The highest BCUT2D eigenvalue weighted by Gasteiger charge is 2.21. The number of carbonyl (C=O) groups is 1. The third kappa shape index (κ3) is 7.48. The zero-order valence-corrected chi connectivity index (χ0v) is 16.1. The number of hydrogen-bond donors (Lipinski definition) is 0. The van der Waals surface area contributed by atoms with Crippen molar-refractivity contribution in [3.8, 4) is 0 Å². The maximum absolute atomic E-state index is 11.8. The van der Waals surface area contributed by atoms with Crippen molar-refractivity contribution >= 4 is 5.78 Å². The number of nitrogens with zero attached hydrogens (tertiary/aromatic N) is 1. The van der Waals surface area contributed by atoms with E-state index in [4.69, 9.17) is 0 Å². The first-order chi connectivity index (χ1) is 10.8. The van der Waals surface area contributed by atoms with Crippen molar-refractivity contribution < 1.29 is 4.79 Å². The Morgan fingerprint density at radius 2 is 2.09 bits per heavy atom. The van der Waals surface area contributed by atoms with Crippen LogP contribution in [0.4, 0.5) is 0 Å². The largest absolute Gasteiger partial charge is 0.656 e. The van der Waals surface area contributed by atoms with Gasteiger partial charge in [-0.05, 0) is 43.9 Å². The second-order valence-electron chi connectivity index (χ2n) is 8.06. The fourth-order valence-corrected chi connectivity index (χ4v) is 3.35. The number of ketones is 1. The summed E-state index contributed by atoms with van der Waals surface area (Å²) < 4.78 is 0. The van der Waals surface area contributed by atoms with Crippen LogP contribution in [-0.4, -0.2) is 18.4 Å². The fraction of sp³-hybridized carbons (Fsp3) is 0.762. The van der Waals surface area contributed by atoms with Gasteiger partial charge in [0, 0.05) is 12.8 Å². The SMILES string of the molecule is C[N-]C1(C)C=CC(C(C)CCC=C(C)CC(=O)CC(C)C)CC1. The van der Waals surface area contributed by atoms with Gasteiger partial charge in [-0.15, -0.1) is 11.6 Å². The molecule has 3 unspecified atom stereocenters. The van der Waals surface area contributed by atoms with Gasteiger partial charge in [-0.3, -0.25) is 4.79 Å². The Kier molecular flexibility index (Phi) is 8.25. The molecule has 0 saturated carbocycles. The minimum absolute atomic E-state index is 0.0590. The Morgan fingerprint density at radius 1 is 1.39 bits per heavy atom. The fourth-order valence-electron chi connectivity index (χ4n) is 3.35. The summed E-state index contributed by atoms with van der Waals surface area (Å²) in [4.78, 5) is 11.8. The van der Waals surface area contributed by atoms with Crippen LogP contribution in [0, 0.1) is 17.8 Å². The van der Waals surface area contributed by atoms with E-state index in [2.05, 4.69) is 58.2 Å². The lowest BCUT2D eigenvalue weighted by atomic mass is 9.77. The van der Waals surface area contributed by atoms with Crippen molar-refractivity contribution in [2.75, 3.05) is 7.05 Å². The first-order valence-corrected chi connectivity index (χ1v) is 9.23. The van der Waals surface area contributed by atoms with Gasteiger partial charge in [0.2, 0.25) is 0 Å². The van der Waals surface area contributed by atoms with Crippen molar-refractivity contribution in [2.45, 2.75) is 78.7 Å². The molecule has 1 aliphatic carbocycles. The normalized spacial score (nSPS) is 26.6. The zero-order valence-electron chi connectivity index (χ0n) is 16.1. The van der Waals surface area contributed by atoms with Crippen molar-refractivity contribution in [3.63, 3.8) is 0 Å². The summed E-state index contributed by atoms with van der Waals surface area (Å²) in [7, 11) is 1.92. The lowest BCUT2D eigenvalue weighted by Crippen LogP contribution is -2.26. The van der Waals surface area contributed by atoms with E-state index >= 15 is 0 Å². The van der Waals surface area contributed by atoms with E-state index in [1.54, 1.807) is 0 Å². The van der Waals surface area contributed by atoms with E-state index in [0.29, 0.717) is 36.4 Å². The van der Waals surface area contributed by atoms with Crippen LogP contribution >= 0.6 is 0 Å². The summed E-state index contributed by atoms with van der Waals surface area (Å²) in [5.74, 6) is 2.22. The second-order valence-corrected chi connectivity index (χ2v) is 8.06. The van der Waals surface area contributed by atoms with Crippen LogP contribution in [0.1, 0.15) is 73.1 Å². The molecule has 0 spiro atoms. The maximum Gasteiger partial charge on any atom is 0.137 e. The maximum atomic E-state index is 11.8. The molecule has 1 aliphatic rings. The van der Waals surface area contributed by atoms with Crippen LogP contribution in [0.5, 0.6) is 0 Å². The van der Waals surface area contributed by atoms with Crippen LogP contribution in [0.2, 0.25) is 0 Å². The Bertz CT molecular complexity index is 435. The van der Waals surface area contributed by atoms with Gasteiger partial charge in [0.15, 0.2) is 0 Å². The smallest absolute Gasteiger partial charge is 0.137 e. The van der Waals surface area contributed by atoms with Gasteiger partial charge < -0.3 is 5.32 Å². The third-order valence-corrected chi connectivity index (χ3v) is 5.15. The molecule has 0 aromatic carbocycles. The Labute approximate surface area is 143 Å². The highest BCUT2D eigenvalue weighted by molar-refractivity contribution is 5.80. The van der Waals surface area contributed by atoms with Crippen LogP contribution < -0.4 is 0 Å². The quantitative estimate of drug-likeness (QED) is 0.474. The Hall–Kier alpha value is -0.890. The van der Waals surface area contributed by atoms with Crippen molar-refractivity contribution in [1.82, 2.24) is 0 Å². The van der Waals surface area contributed by atoms with E-state index in [-0.39, 0.29) is 5.54 Å². The molecule has 2 heteroatoms. The average Bonchev–Trinajstić information content (AvgIpc) is 2.46.